The van der Waals surface area contributed by atoms with E-state index in [1.54, 1.807) is 0 Å². The third-order valence-electron chi connectivity index (χ3n) is 4.72. The molecule has 2 unspecified atom stereocenters. The number of benzene rings is 1. The molecule has 0 radical (unpaired) electrons. The highest BCUT2D eigenvalue weighted by Gasteiger charge is 2.38. The van der Waals surface area contributed by atoms with E-state index in [1.807, 2.05) is 12.3 Å². The summed E-state index contributed by atoms with van der Waals surface area (Å²) in [6.07, 6.45) is 1.45. The van der Waals surface area contributed by atoms with Crippen molar-refractivity contribution in [2.24, 2.45) is 0 Å². The lowest BCUT2D eigenvalue weighted by atomic mass is 10.2. The number of aromatic nitrogens is 5. The molecule has 1 fully saturated rings. The van der Waals surface area contributed by atoms with Gasteiger partial charge in [-0.25, -0.2) is 4.39 Å². The Morgan fingerprint density at radius 3 is 3.08 bits per heavy atom. The maximum Gasteiger partial charge on any atom is 0.225 e. The topological polar surface area (TPSA) is 79.7 Å². The van der Waals surface area contributed by atoms with Crippen LogP contribution in [0.25, 0.3) is 10.9 Å². The smallest absolute Gasteiger partial charge is 0.225 e. The first kappa shape index (κ1) is 15.7. The van der Waals surface area contributed by atoms with E-state index < -0.39 is 12.2 Å². The molecule has 0 saturated carbocycles. The summed E-state index contributed by atoms with van der Waals surface area (Å²) in [6.45, 7) is 2.70. The predicted molar refractivity (Wildman–Crippen MR) is 89.4 cm³/mol. The van der Waals surface area contributed by atoms with Crippen LogP contribution >= 0.6 is 0 Å². The zero-order valence-corrected chi connectivity index (χ0v) is 13.9. The molecule has 0 bridgehead atoms. The molecule has 0 aliphatic carbocycles. The molecule has 1 aliphatic rings. The average molecular weight is 342 g/mol. The predicted octanol–water partition coefficient (Wildman–Crippen LogP) is 2.16. The van der Waals surface area contributed by atoms with Gasteiger partial charge in [-0.15, -0.1) is 10.2 Å². The summed E-state index contributed by atoms with van der Waals surface area (Å²) >= 11 is 0. The minimum atomic E-state index is -1.05. The van der Waals surface area contributed by atoms with Gasteiger partial charge in [0.1, 0.15) is 6.17 Å². The van der Waals surface area contributed by atoms with Crippen molar-refractivity contribution in [1.82, 2.24) is 30.1 Å². The number of nitrogens with zero attached hydrogens (tertiary/aromatic N) is 5. The number of aromatic amines is 1. The minimum absolute atomic E-state index is 0.0870. The van der Waals surface area contributed by atoms with Gasteiger partial charge in [0, 0.05) is 31.1 Å². The molecule has 1 N–H and O–H groups in total. The van der Waals surface area contributed by atoms with Gasteiger partial charge in [0.15, 0.2) is 5.82 Å². The van der Waals surface area contributed by atoms with Crippen LogP contribution in [0.3, 0.4) is 0 Å². The monoisotopic (exact) mass is 342 g/mol. The summed E-state index contributed by atoms with van der Waals surface area (Å²) in [7, 11) is 0. The highest BCUT2D eigenvalue weighted by atomic mass is 19.1. The summed E-state index contributed by atoms with van der Waals surface area (Å²) in [5.74, 6) is 0.277. The van der Waals surface area contributed by atoms with Gasteiger partial charge in [-0.3, -0.25) is 4.79 Å². The molecule has 2 aromatic heterocycles. The Bertz CT molecular complexity index is 890. The van der Waals surface area contributed by atoms with Gasteiger partial charge in [-0.2, -0.15) is 5.21 Å². The van der Waals surface area contributed by atoms with Crippen LogP contribution in [0.5, 0.6) is 0 Å². The van der Waals surface area contributed by atoms with Crippen LogP contribution in [0.15, 0.2) is 30.5 Å². The number of nitrogens with one attached hydrogen (secondary N) is 1. The maximum atomic E-state index is 13.9. The second-order valence-corrected chi connectivity index (χ2v) is 6.49. The normalized spacial score (nSPS) is 20.5. The minimum Gasteiger partial charge on any atom is -0.347 e. The number of carbonyl (C=O) groups excluding carboxylic acids is 1. The highest BCUT2D eigenvalue weighted by Crippen LogP contribution is 2.32. The quantitative estimate of drug-likeness (QED) is 0.788. The summed E-state index contributed by atoms with van der Waals surface area (Å²) in [5.41, 5.74) is 2.30. The number of H-pyrrole nitrogens is 1. The van der Waals surface area contributed by atoms with Gasteiger partial charge < -0.3 is 9.47 Å². The van der Waals surface area contributed by atoms with Gasteiger partial charge in [0.25, 0.3) is 0 Å². The standard InChI is InChI=1S/C17H19FN6O/c1-11-2-3-14-12(8-11)4-6-23(14)7-5-16(25)24-10-13(18)9-15(24)17-19-21-22-20-17/h2-4,6,8,13,15H,5,7,9-10H2,1H3,(H,19,20,21,22). The summed E-state index contributed by atoms with van der Waals surface area (Å²) in [4.78, 5) is 14.2. The molecule has 3 aromatic rings. The first-order chi connectivity index (χ1) is 12.1. The molecule has 1 saturated heterocycles. The zero-order chi connectivity index (χ0) is 17.4. The van der Waals surface area contributed by atoms with Crippen LogP contribution in [-0.2, 0) is 11.3 Å². The van der Waals surface area contributed by atoms with Crippen molar-refractivity contribution in [1.29, 1.82) is 0 Å². The lowest BCUT2D eigenvalue weighted by molar-refractivity contribution is -0.132. The average Bonchev–Trinajstić information content (AvgIpc) is 3.31. The van der Waals surface area contributed by atoms with Crippen LogP contribution in [0.1, 0.15) is 30.3 Å². The number of carbonyl (C=O) groups is 1. The molecule has 25 heavy (non-hydrogen) atoms. The number of tetrazole rings is 1. The SMILES string of the molecule is Cc1ccc2c(ccn2CCC(=O)N2CC(F)CC2c2nn[nH]n2)c1. The lowest BCUT2D eigenvalue weighted by Gasteiger charge is -2.22. The molecule has 1 aliphatic heterocycles. The Morgan fingerprint density at radius 2 is 2.28 bits per heavy atom. The number of aryl methyl sites for hydroxylation is 2. The van der Waals surface area contributed by atoms with Crippen molar-refractivity contribution in [2.45, 2.75) is 38.5 Å². The molecular weight excluding hydrogens is 323 g/mol. The molecular formula is C17H19FN6O. The zero-order valence-electron chi connectivity index (χ0n) is 13.9. The first-order valence-corrected chi connectivity index (χ1v) is 8.34. The molecule has 8 heteroatoms. The fraction of sp³-hybridized carbons (Fsp3) is 0.412. The molecule has 0 spiro atoms. The number of hydrogen-bond acceptors (Lipinski definition) is 4. The van der Waals surface area contributed by atoms with E-state index in [1.165, 1.54) is 10.5 Å². The highest BCUT2D eigenvalue weighted by molar-refractivity contribution is 5.81. The second kappa shape index (κ2) is 6.27. The summed E-state index contributed by atoms with van der Waals surface area (Å²) in [6, 6.07) is 7.84. The van der Waals surface area contributed by atoms with E-state index in [2.05, 4.69) is 50.3 Å². The van der Waals surface area contributed by atoms with Gasteiger partial charge in [0.2, 0.25) is 5.91 Å². The van der Waals surface area contributed by atoms with Gasteiger partial charge in [-0.1, -0.05) is 16.8 Å². The van der Waals surface area contributed by atoms with Gasteiger partial charge in [-0.05, 0) is 30.5 Å². The Balaban J connectivity index is 1.47. The maximum absolute atomic E-state index is 13.9. The number of likely N-dealkylation sites (tertiary alicyclic amines) is 1. The van der Waals surface area contributed by atoms with E-state index in [0.717, 1.165) is 10.9 Å². The third kappa shape index (κ3) is 2.99. The van der Waals surface area contributed by atoms with Crippen LogP contribution < -0.4 is 0 Å². The first-order valence-electron chi connectivity index (χ1n) is 8.34. The second-order valence-electron chi connectivity index (χ2n) is 6.49. The number of fused-ring (bicyclic) bond motifs is 1. The van der Waals surface area contributed by atoms with Crippen molar-refractivity contribution >= 4 is 16.8 Å². The fourth-order valence-corrected chi connectivity index (χ4v) is 3.49. The summed E-state index contributed by atoms with van der Waals surface area (Å²) in [5, 5.41) is 14.9. The van der Waals surface area contributed by atoms with Gasteiger partial charge in [0.05, 0.1) is 12.6 Å². The molecule has 1 amide bonds. The molecule has 4 rings (SSSR count). The van der Waals surface area contributed by atoms with Crippen molar-refractivity contribution in [2.75, 3.05) is 6.54 Å². The number of hydrogen-bond donors (Lipinski definition) is 1. The largest absolute Gasteiger partial charge is 0.347 e. The summed E-state index contributed by atoms with van der Waals surface area (Å²) < 4.78 is 15.9. The number of rotatable bonds is 4. The van der Waals surface area contributed by atoms with Crippen molar-refractivity contribution < 1.29 is 9.18 Å². The van der Waals surface area contributed by atoms with Crippen molar-refractivity contribution in [3.63, 3.8) is 0 Å². The number of amides is 1. The van der Waals surface area contributed by atoms with E-state index in [9.17, 15) is 9.18 Å². The number of alkyl halides is 1. The fourth-order valence-electron chi connectivity index (χ4n) is 3.49. The molecule has 2 atom stereocenters. The van der Waals surface area contributed by atoms with Crippen molar-refractivity contribution in [3.8, 4) is 0 Å². The Morgan fingerprint density at radius 1 is 1.40 bits per heavy atom. The van der Waals surface area contributed by atoms with E-state index in [0.29, 0.717) is 18.8 Å². The van der Waals surface area contributed by atoms with Crippen LogP contribution in [0.2, 0.25) is 0 Å². The Labute approximate surface area is 143 Å². The molecule has 1 aromatic carbocycles. The van der Waals surface area contributed by atoms with E-state index in [4.69, 9.17) is 0 Å². The van der Waals surface area contributed by atoms with Crippen LogP contribution in [-0.4, -0.2) is 48.7 Å². The van der Waals surface area contributed by atoms with Crippen LogP contribution in [0, 0.1) is 6.92 Å². The van der Waals surface area contributed by atoms with E-state index >= 15 is 0 Å². The number of halogens is 1. The third-order valence-corrected chi connectivity index (χ3v) is 4.72. The van der Waals surface area contributed by atoms with Crippen LogP contribution in [0.4, 0.5) is 4.39 Å². The van der Waals surface area contributed by atoms with E-state index in [-0.39, 0.29) is 18.9 Å². The molecule has 130 valence electrons. The van der Waals surface area contributed by atoms with Crippen molar-refractivity contribution in [3.05, 3.63) is 41.9 Å². The molecule has 3 heterocycles. The lowest BCUT2D eigenvalue weighted by Crippen LogP contribution is -2.32. The Kier molecular flexibility index (Phi) is 3.95. The molecule has 7 nitrogen and oxygen atoms in total. The Hall–Kier alpha value is -2.77. The van der Waals surface area contributed by atoms with Gasteiger partial charge >= 0.3 is 0 Å².